The molecule has 4 nitrogen and oxygen atoms in total. The van der Waals surface area contributed by atoms with E-state index in [1.54, 1.807) is 20.8 Å². The van der Waals surface area contributed by atoms with Crippen LogP contribution in [0.4, 0.5) is 13.6 Å². The minimum Gasteiger partial charge on any atom is -0.444 e. The molecule has 0 saturated heterocycles. The topological polar surface area (TPSA) is 50.4 Å². The Morgan fingerprint density at radius 3 is 1.87 bits per heavy atom. The minimum absolute atomic E-state index is 0.0578. The van der Waals surface area contributed by atoms with E-state index < -0.39 is 30.7 Å². The van der Waals surface area contributed by atoms with Gasteiger partial charge in [-0.05, 0) is 45.4 Å². The first-order valence-corrected chi connectivity index (χ1v) is 8.39. The van der Waals surface area contributed by atoms with Gasteiger partial charge in [0, 0.05) is 6.04 Å². The van der Waals surface area contributed by atoms with Crippen molar-refractivity contribution >= 4 is 6.09 Å². The molecule has 0 rings (SSSR count). The van der Waals surface area contributed by atoms with Crippen LogP contribution < -0.4 is 10.6 Å². The average molecular weight is 336 g/mol. The maximum absolute atomic E-state index is 13.9. The molecule has 23 heavy (non-hydrogen) atoms. The summed E-state index contributed by atoms with van der Waals surface area (Å²) in [4.78, 5) is 11.4. The summed E-state index contributed by atoms with van der Waals surface area (Å²) < 4.78 is 32.8. The van der Waals surface area contributed by atoms with Crippen molar-refractivity contribution in [2.75, 3.05) is 13.1 Å². The molecule has 0 aliphatic rings. The van der Waals surface area contributed by atoms with Crippen LogP contribution in [0.2, 0.25) is 0 Å². The Bertz CT molecular complexity index is 343. The Morgan fingerprint density at radius 1 is 1.00 bits per heavy atom. The number of carbonyl (C=O) groups excluding carboxylic acids is 1. The summed E-state index contributed by atoms with van der Waals surface area (Å²) in [5.74, 6) is -2.12. The van der Waals surface area contributed by atoms with Crippen LogP contribution in [0, 0.1) is 11.8 Å². The highest BCUT2D eigenvalue weighted by Gasteiger charge is 2.31. The van der Waals surface area contributed by atoms with Crippen LogP contribution in [0.1, 0.15) is 61.3 Å². The maximum Gasteiger partial charge on any atom is 0.407 e. The van der Waals surface area contributed by atoms with Gasteiger partial charge in [-0.1, -0.05) is 27.7 Å². The zero-order valence-corrected chi connectivity index (χ0v) is 15.6. The lowest BCUT2D eigenvalue weighted by Gasteiger charge is -2.26. The summed E-state index contributed by atoms with van der Waals surface area (Å²) >= 11 is 0. The number of halogens is 2. The summed E-state index contributed by atoms with van der Waals surface area (Å²) in [7, 11) is 0. The predicted octanol–water partition coefficient (Wildman–Crippen LogP) is 4.20. The van der Waals surface area contributed by atoms with E-state index in [4.69, 9.17) is 4.74 Å². The number of amides is 1. The van der Waals surface area contributed by atoms with Gasteiger partial charge in [-0.15, -0.1) is 0 Å². The maximum atomic E-state index is 13.9. The standard InChI is InChI=1S/C17H34F2N2O2/c1-12(2)8-14(9-13(3)4)20-10-17(18,19)11-21-15(22)23-16(5,6)7/h12-14,20H,8-11H2,1-7H3,(H,21,22). The zero-order valence-electron chi connectivity index (χ0n) is 15.6. The normalized spacial score (nSPS) is 13.0. The van der Waals surface area contributed by atoms with E-state index in [2.05, 4.69) is 38.3 Å². The van der Waals surface area contributed by atoms with Crippen molar-refractivity contribution < 1.29 is 18.3 Å². The van der Waals surface area contributed by atoms with Gasteiger partial charge in [0.15, 0.2) is 0 Å². The first kappa shape index (κ1) is 22.1. The monoisotopic (exact) mass is 336 g/mol. The third-order valence-electron chi connectivity index (χ3n) is 3.05. The fourth-order valence-electron chi connectivity index (χ4n) is 2.27. The van der Waals surface area contributed by atoms with Crippen LogP contribution >= 0.6 is 0 Å². The van der Waals surface area contributed by atoms with E-state index in [9.17, 15) is 13.6 Å². The molecule has 138 valence electrons. The lowest BCUT2D eigenvalue weighted by molar-refractivity contribution is -0.00650. The molecule has 0 aromatic rings. The number of hydrogen-bond acceptors (Lipinski definition) is 3. The summed E-state index contributed by atoms with van der Waals surface area (Å²) in [6, 6.07) is 0.0578. The minimum atomic E-state index is -3.01. The number of alkyl halides is 2. The van der Waals surface area contributed by atoms with Crippen LogP contribution in [-0.2, 0) is 4.74 Å². The Morgan fingerprint density at radius 2 is 1.48 bits per heavy atom. The van der Waals surface area contributed by atoms with Gasteiger partial charge in [-0.3, -0.25) is 0 Å². The second-order valence-corrected chi connectivity index (χ2v) is 8.05. The highest BCUT2D eigenvalue weighted by Crippen LogP contribution is 2.16. The van der Waals surface area contributed by atoms with Crippen molar-refractivity contribution in [3.05, 3.63) is 0 Å². The first-order chi connectivity index (χ1) is 10.3. The van der Waals surface area contributed by atoms with Gasteiger partial charge < -0.3 is 15.4 Å². The summed E-state index contributed by atoms with van der Waals surface area (Å²) in [6.07, 6.45) is 0.889. The molecule has 6 heteroatoms. The van der Waals surface area contributed by atoms with Gasteiger partial charge in [0.05, 0.1) is 13.1 Å². The number of alkyl carbamates (subject to hydrolysis) is 1. The van der Waals surface area contributed by atoms with Gasteiger partial charge in [-0.2, -0.15) is 0 Å². The molecule has 0 aliphatic carbocycles. The molecule has 0 aromatic carbocycles. The Hall–Kier alpha value is -0.910. The van der Waals surface area contributed by atoms with Crippen LogP contribution in [0.25, 0.3) is 0 Å². The lowest BCUT2D eigenvalue weighted by Crippen LogP contribution is -2.47. The molecule has 0 spiro atoms. The molecule has 0 aromatic heterocycles. The molecule has 0 atom stereocenters. The molecule has 0 unspecified atom stereocenters. The number of rotatable bonds is 9. The molecule has 0 saturated carbocycles. The SMILES string of the molecule is CC(C)CC(CC(C)C)NCC(F)(F)CNC(=O)OC(C)(C)C. The van der Waals surface area contributed by atoms with E-state index in [1.165, 1.54) is 0 Å². The number of nitrogens with one attached hydrogen (secondary N) is 2. The quantitative estimate of drug-likeness (QED) is 0.663. The fraction of sp³-hybridized carbons (Fsp3) is 0.941. The van der Waals surface area contributed by atoms with Gasteiger partial charge in [0.2, 0.25) is 0 Å². The molecular weight excluding hydrogens is 302 g/mol. The second-order valence-electron chi connectivity index (χ2n) is 8.05. The Labute approximate surface area is 139 Å². The molecule has 0 heterocycles. The van der Waals surface area contributed by atoms with E-state index in [1.807, 2.05) is 0 Å². The lowest BCUT2D eigenvalue weighted by atomic mass is 9.95. The van der Waals surface area contributed by atoms with E-state index in [-0.39, 0.29) is 6.04 Å². The highest BCUT2D eigenvalue weighted by molar-refractivity contribution is 5.67. The molecule has 1 amide bonds. The van der Waals surface area contributed by atoms with Gasteiger partial charge >= 0.3 is 6.09 Å². The van der Waals surface area contributed by atoms with Crippen LogP contribution in [0.3, 0.4) is 0 Å². The molecule has 0 aliphatic heterocycles. The third kappa shape index (κ3) is 13.2. The molecule has 0 fully saturated rings. The Kier molecular flexibility index (Phi) is 9.03. The van der Waals surface area contributed by atoms with Crippen molar-refractivity contribution in [3.8, 4) is 0 Å². The van der Waals surface area contributed by atoms with Crippen LogP contribution in [-0.4, -0.2) is 36.7 Å². The van der Waals surface area contributed by atoms with Crippen molar-refractivity contribution in [3.63, 3.8) is 0 Å². The van der Waals surface area contributed by atoms with Crippen LogP contribution in [0.5, 0.6) is 0 Å². The average Bonchev–Trinajstić information content (AvgIpc) is 2.30. The van der Waals surface area contributed by atoms with Crippen molar-refractivity contribution in [2.24, 2.45) is 11.8 Å². The first-order valence-electron chi connectivity index (χ1n) is 8.39. The second kappa shape index (κ2) is 9.40. The number of ether oxygens (including phenoxy) is 1. The third-order valence-corrected chi connectivity index (χ3v) is 3.05. The van der Waals surface area contributed by atoms with Crippen molar-refractivity contribution in [1.29, 1.82) is 0 Å². The molecular formula is C17H34F2N2O2. The van der Waals surface area contributed by atoms with E-state index in [0.29, 0.717) is 11.8 Å². The number of carbonyl (C=O) groups is 1. The summed E-state index contributed by atoms with van der Waals surface area (Å²) in [6.45, 7) is 12.2. The van der Waals surface area contributed by atoms with Crippen molar-refractivity contribution in [1.82, 2.24) is 10.6 Å². The van der Waals surface area contributed by atoms with E-state index in [0.717, 1.165) is 12.8 Å². The smallest absolute Gasteiger partial charge is 0.407 e. The summed E-state index contributed by atoms with van der Waals surface area (Å²) in [5, 5.41) is 5.09. The molecule has 2 N–H and O–H groups in total. The van der Waals surface area contributed by atoms with Crippen LogP contribution in [0.15, 0.2) is 0 Å². The fourth-order valence-corrected chi connectivity index (χ4v) is 2.27. The Balaban J connectivity index is 4.34. The molecule has 0 bridgehead atoms. The van der Waals surface area contributed by atoms with Gasteiger partial charge in [0.1, 0.15) is 5.60 Å². The van der Waals surface area contributed by atoms with Gasteiger partial charge in [0.25, 0.3) is 5.92 Å². The largest absolute Gasteiger partial charge is 0.444 e. The predicted molar refractivity (Wildman–Crippen MR) is 89.9 cm³/mol. The van der Waals surface area contributed by atoms with E-state index >= 15 is 0 Å². The van der Waals surface area contributed by atoms with Gasteiger partial charge in [-0.25, -0.2) is 13.6 Å². The summed E-state index contributed by atoms with van der Waals surface area (Å²) in [5.41, 5.74) is -0.697. The molecule has 0 radical (unpaired) electrons. The zero-order chi connectivity index (χ0) is 18.3. The van der Waals surface area contributed by atoms with Crippen molar-refractivity contribution in [2.45, 2.75) is 78.9 Å². The number of hydrogen-bond donors (Lipinski definition) is 2. The highest BCUT2D eigenvalue weighted by atomic mass is 19.3.